The Bertz CT molecular complexity index is 1060. The first kappa shape index (κ1) is 15.3. The Morgan fingerprint density at radius 2 is 1.19 bits per heavy atom. The SMILES string of the molecule is O=C(O)c1c2c(nc3cc4nc5c(c(C(=O)O)c4cc13)CCC5)CCC2. The number of benzene rings is 1. The summed E-state index contributed by atoms with van der Waals surface area (Å²) < 4.78 is 0. The molecular formula is C20H16N2O4. The minimum atomic E-state index is -0.985. The first-order valence-corrected chi connectivity index (χ1v) is 8.82. The molecule has 3 aromatic rings. The zero-order valence-electron chi connectivity index (χ0n) is 14.0. The van der Waals surface area contributed by atoms with Crippen LogP contribution in [0.1, 0.15) is 56.1 Å². The summed E-state index contributed by atoms with van der Waals surface area (Å²) in [4.78, 5) is 33.2. The summed E-state index contributed by atoms with van der Waals surface area (Å²) in [6, 6.07) is 3.43. The Morgan fingerprint density at radius 1 is 0.731 bits per heavy atom. The molecule has 2 aromatic heterocycles. The smallest absolute Gasteiger partial charge is 0.336 e. The van der Waals surface area contributed by atoms with Gasteiger partial charge in [0.15, 0.2) is 0 Å². The van der Waals surface area contributed by atoms with Crippen LogP contribution in [0.25, 0.3) is 21.8 Å². The molecule has 0 atom stereocenters. The number of nitrogens with zero attached hydrogens (tertiary/aromatic N) is 2. The van der Waals surface area contributed by atoms with Crippen molar-refractivity contribution in [2.75, 3.05) is 0 Å². The van der Waals surface area contributed by atoms with Gasteiger partial charge in [-0.25, -0.2) is 9.59 Å². The Balaban J connectivity index is 1.95. The lowest BCUT2D eigenvalue weighted by Gasteiger charge is -2.13. The van der Waals surface area contributed by atoms with E-state index in [1.807, 2.05) is 0 Å². The fourth-order valence-electron chi connectivity index (χ4n) is 4.51. The van der Waals surface area contributed by atoms with Crippen molar-refractivity contribution in [2.45, 2.75) is 38.5 Å². The molecule has 26 heavy (non-hydrogen) atoms. The van der Waals surface area contributed by atoms with Crippen molar-refractivity contribution in [3.8, 4) is 0 Å². The topological polar surface area (TPSA) is 100 Å². The van der Waals surface area contributed by atoms with E-state index in [0.29, 0.717) is 34.6 Å². The fourth-order valence-corrected chi connectivity index (χ4v) is 4.51. The average Bonchev–Trinajstić information content (AvgIpc) is 3.23. The van der Waals surface area contributed by atoms with Crippen LogP contribution in [0.3, 0.4) is 0 Å². The number of aromatic carboxylic acids is 2. The molecular weight excluding hydrogens is 332 g/mol. The van der Waals surface area contributed by atoms with Gasteiger partial charge >= 0.3 is 11.9 Å². The van der Waals surface area contributed by atoms with Crippen molar-refractivity contribution < 1.29 is 19.8 Å². The summed E-state index contributed by atoms with van der Waals surface area (Å²) in [5.74, 6) is -1.97. The third-order valence-electron chi connectivity index (χ3n) is 5.57. The molecule has 5 rings (SSSR count). The average molecular weight is 348 g/mol. The molecule has 0 saturated carbocycles. The van der Waals surface area contributed by atoms with Crippen LogP contribution in [0.4, 0.5) is 0 Å². The van der Waals surface area contributed by atoms with Crippen LogP contribution in [0.2, 0.25) is 0 Å². The third-order valence-corrected chi connectivity index (χ3v) is 5.57. The lowest BCUT2D eigenvalue weighted by atomic mass is 9.96. The van der Waals surface area contributed by atoms with Crippen LogP contribution in [0, 0.1) is 0 Å². The van der Waals surface area contributed by atoms with Gasteiger partial charge in [-0.1, -0.05) is 0 Å². The van der Waals surface area contributed by atoms with E-state index in [-0.39, 0.29) is 11.1 Å². The number of pyridine rings is 2. The zero-order valence-corrected chi connectivity index (χ0v) is 14.0. The van der Waals surface area contributed by atoms with Crippen molar-refractivity contribution >= 4 is 33.7 Å². The quantitative estimate of drug-likeness (QED) is 0.690. The number of carboxylic acid groups (broad SMARTS) is 2. The van der Waals surface area contributed by atoms with Crippen molar-refractivity contribution in [1.82, 2.24) is 9.97 Å². The normalized spacial score (nSPS) is 15.4. The fraction of sp³-hybridized carbons (Fsp3) is 0.300. The van der Waals surface area contributed by atoms with Gasteiger partial charge in [-0.05, 0) is 61.8 Å². The van der Waals surface area contributed by atoms with Crippen LogP contribution in [0.15, 0.2) is 12.1 Å². The molecule has 6 heteroatoms. The molecule has 0 fully saturated rings. The molecule has 0 bridgehead atoms. The van der Waals surface area contributed by atoms with Crippen molar-refractivity contribution in [1.29, 1.82) is 0 Å². The number of carbonyl (C=O) groups is 2. The Labute approximate surface area is 148 Å². The van der Waals surface area contributed by atoms with Crippen molar-refractivity contribution in [3.05, 3.63) is 45.8 Å². The van der Waals surface area contributed by atoms with Gasteiger partial charge in [0.1, 0.15) is 0 Å². The summed E-state index contributed by atoms with van der Waals surface area (Å²) >= 11 is 0. The molecule has 2 N–H and O–H groups in total. The number of hydrogen-bond acceptors (Lipinski definition) is 4. The summed E-state index contributed by atoms with van der Waals surface area (Å²) in [5.41, 5.74) is 4.95. The van der Waals surface area contributed by atoms with E-state index >= 15 is 0 Å². The van der Waals surface area contributed by atoms with E-state index in [1.165, 1.54) is 0 Å². The Kier molecular flexibility index (Phi) is 3.07. The van der Waals surface area contributed by atoms with Gasteiger partial charge in [-0.15, -0.1) is 0 Å². The molecule has 2 heterocycles. The number of aryl methyl sites for hydroxylation is 2. The summed E-state index contributed by atoms with van der Waals surface area (Å²) in [5, 5.41) is 20.6. The zero-order chi connectivity index (χ0) is 18.0. The van der Waals surface area contributed by atoms with Gasteiger partial charge in [-0.3, -0.25) is 9.97 Å². The Morgan fingerprint density at radius 3 is 1.62 bits per heavy atom. The maximum absolute atomic E-state index is 12.0. The first-order valence-electron chi connectivity index (χ1n) is 8.82. The van der Waals surface area contributed by atoms with Gasteiger partial charge in [0, 0.05) is 22.2 Å². The van der Waals surface area contributed by atoms with Gasteiger partial charge in [0.25, 0.3) is 0 Å². The van der Waals surface area contributed by atoms with Crippen LogP contribution in [0.5, 0.6) is 0 Å². The first-order chi connectivity index (χ1) is 12.5. The maximum Gasteiger partial charge on any atom is 0.336 e. The van der Waals surface area contributed by atoms with Gasteiger partial charge < -0.3 is 10.2 Å². The largest absolute Gasteiger partial charge is 0.478 e. The van der Waals surface area contributed by atoms with E-state index in [1.54, 1.807) is 12.1 Å². The molecule has 0 spiro atoms. The predicted octanol–water partition coefficient (Wildman–Crippen LogP) is 3.16. The van der Waals surface area contributed by atoms with Crippen LogP contribution in [-0.2, 0) is 25.7 Å². The molecule has 0 unspecified atom stereocenters. The summed E-state index contributed by atoms with van der Waals surface area (Å²) in [6.45, 7) is 0. The second kappa shape index (κ2) is 5.24. The standard InChI is InChI=1S/C20H16N2O4/c23-19(24)17-9-3-1-5-13(9)21-15-8-16-12(7-11(15)17)18(20(25)26)10-4-2-6-14(10)22-16/h7-8H,1-6H2,(H,23,24)(H,25,26). The molecule has 0 aliphatic heterocycles. The lowest BCUT2D eigenvalue weighted by Crippen LogP contribution is -2.08. The lowest BCUT2D eigenvalue weighted by molar-refractivity contribution is 0.0687. The number of fused-ring (bicyclic) bond motifs is 4. The maximum atomic E-state index is 12.0. The predicted molar refractivity (Wildman–Crippen MR) is 95.0 cm³/mol. The van der Waals surface area contributed by atoms with Crippen LogP contribution >= 0.6 is 0 Å². The molecule has 2 aliphatic carbocycles. The molecule has 1 aromatic carbocycles. The second-order valence-corrected chi connectivity index (χ2v) is 7.03. The third kappa shape index (κ3) is 1.98. The molecule has 0 radical (unpaired) electrons. The van der Waals surface area contributed by atoms with Gasteiger partial charge in [-0.2, -0.15) is 0 Å². The molecule has 0 saturated heterocycles. The molecule has 2 aliphatic rings. The highest BCUT2D eigenvalue weighted by Crippen LogP contribution is 2.35. The highest BCUT2D eigenvalue weighted by molar-refractivity contribution is 6.12. The second-order valence-electron chi connectivity index (χ2n) is 7.03. The number of carboxylic acids is 2. The highest BCUT2D eigenvalue weighted by atomic mass is 16.4. The van der Waals surface area contributed by atoms with Gasteiger partial charge in [0.2, 0.25) is 0 Å². The van der Waals surface area contributed by atoms with E-state index in [9.17, 15) is 19.8 Å². The van der Waals surface area contributed by atoms with E-state index in [0.717, 1.165) is 48.2 Å². The van der Waals surface area contributed by atoms with E-state index in [2.05, 4.69) is 9.97 Å². The minimum absolute atomic E-state index is 0.265. The number of rotatable bonds is 2. The van der Waals surface area contributed by atoms with E-state index < -0.39 is 11.9 Å². The molecule has 130 valence electrons. The minimum Gasteiger partial charge on any atom is -0.478 e. The summed E-state index contributed by atoms with van der Waals surface area (Å²) in [7, 11) is 0. The molecule has 0 amide bonds. The monoisotopic (exact) mass is 348 g/mol. The summed E-state index contributed by atoms with van der Waals surface area (Å²) in [6.07, 6.45) is 4.75. The van der Waals surface area contributed by atoms with Gasteiger partial charge in [0.05, 0.1) is 22.2 Å². The number of aromatic nitrogens is 2. The van der Waals surface area contributed by atoms with Crippen LogP contribution in [-0.4, -0.2) is 32.1 Å². The Hall–Kier alpha value is -3.02. The van der Waals surface area contributed by atoms with E-state index in [4.69, 9.17) is 0 Å². The highest BCUT2D eigenvalue weighted by Gasteiger charge is 2.27. The number of hydrogen-bond donors (Lipinski definition) is 2. The van der Waals surface area contributed by atoms with Crippen LogP contribution < -0.4 is 0 Å². The molecule has 6 nitrogen and oxygen atoms in total. The van der Waals surface area contributed by atoms with Crippen molar-refractivity contribution in [3.63, 3.8) is 0 Å². The van der Waals surface area contributed by atoms with Crippen molar-refractivity contribution in [2.24, 2.45) is 0 Å².